The van der Waals surface area contributed by atoms with E-state index in [1.54, 1.807) is 6.20 Å². The van der Waals surface area contributed by atoms with Crippen LogP contribution in [0, 0.1) is 18.3 Å². The minimum atomic E-state index is 0.463. The van der Waals surface area contributed by atoms with Gasteiger partial charge in [0.15, 0.2) is 0 Å². The molecule has 0 unspecified atom stereocenters. The van der Waals surface area contributed by atoms with Gasteiger partial charge in [-0.25, -0.2) is 4.98 Å². The molecule has 1 heterocycles. The Bertz CT molecular complexity index is 969. The van der Waals surface area contributed by atoms with Gasteiger partial charge in [0.2, 0.25) is 0 Å². The molecule has 0 fully saturated rings. The molecule has 3 nitrogen and oxygen atoms in total. The van der Waals surface area contributed by atoms with Crippen LogP contribution in [0.15, 0.2) is 54.0 Å². The van der Waals surface area contributed by atoms with Crippen LogP contribution in [-0.2, 0) is 0 Å². The summed E-state index contributed by atoms with van der Waals surface area (Å²) < 4.78 is 0. The molecule has 6 heteroatoms. The fourth-order valence-corrected chi connectivity index (χ4v) is 3.30. The lowest BCUT2D eigenvalue weighted by molar-refractivity contribution is 1.36. The van der Waals surface area contributed by atoms with E-state index in [1.807, 2.05) is 54.8 Å². The minimum absolute atomic E-state index is 0.463. The maximum atomic E-state index is 9.46. The lowest BCUT2D eigenvalue weighted by Crippen LogP contribution is -1.94. The monoisotopic (exact) mass is 385 g/mol. The third-order valence-electron chi connectivity index (χ3n) is 3.63. The smallest absolute Gasteiger partial charge is 0.136 e. The molecule has 0 saturated carbocycles. The Balaban J connectivity index is 1.85. The number of nitriles is 1. The van der Waals surface area contributed by atoms with Crippen molar-refractivity contribution in [3.8, 4) is 17.3 Å². The summed E-state index contributed by atoms with van der Waals surface area (Å²) in [5.74, 6) is 0. The number of nitrogens with one attached hydrogen (secondary N) is 1. The molecule has 0 atom stereocenters. The van der Waals surface area contributed by atoms with Crippen molar-refractivity contribution >= 4 is 45.8 Å². The normalized spacial score (nSPS) is 11.2. The molecule has 3 rings (SSSR count). The third kappa shape index (κ3) is 4.02. The number of rotatable bonds is 4. The van der Waals surface area contributed by atoms with Gasteiger partial charge in [0.25, 0.3) is 0 Å². The summed E-state index contributed by atoms with van der Waals surface area (Å²) in [6.45, 7) is 1.92. The minimum Gasteiger partial charge on any atom is -0.360 e. The fourth-order valence-electron chi connectivity index (χ4n) is 2.21. The van der Waals surface area contributed by atoms with Gasteiger partial charge in [-0.3, -0.25) is 0 Å². The van der Waals surface area contributed by atoms with Crippen molar-refractivity contribution in [3.05, 3.63) is 74.7 Å². The number of hydrogen-bond donors (Lipinski definition) is 1. The predicted molar refractivity (Wildman–Crippen MR) is 106 cm³/mol. The van der Waals surface area contributed by atoms with E-state index in [4.69, 9.17) is 23.2 Å². The number of thiazole rings is 1. The summed E-state index contributed by atoms with van der Waals surface area (Å²) >= 11 is 13.5. The Morgan fingerprint density at radius 3 is 2.68 bits per heavy atom. The lowest BCUT2D eigenvalue weighted by Gasteiger charge is -2.07. The van der Waals surface area contributed by atoms with E-state index >= 15 is 0 Å². The SMILES string of the molecule is Cc1c(Cl)cccc1NC=C(C#N)c1nc(-c2ccc(Cl)cc2)cs1. The predicted octanol–water partition coefficient (Wildman–Crippen LogP) is 6.40. The Labute approximate surface area is 160 Å². The number of allylic oxidation sites excluding steroid dienone is 1. The highest BCUT2D eigenvalue weighted by atomic mass is 35.5. The van der Waals surface area contributed by atoms with Crippen LogP contribution in [0.4, 0.5) is 5.69 Å². The van der Waals surface area contributed by atoms with E-state index in [2.05, 4.69) is 16.4 Å². The van der Waals surface area contributed by atoms with Gasteiger partial charge >= 0.3 is 0 Å². The molecule has 0 radical (unpaired) electrons. The first kappa shape index (κ1) is 17.5. The summed E-state index contributed by atoms with van der Waals surface area (Å²) in [5.41, 5.74) is 4.03. The van der Waals surface area contributed by atoms with Gasteiger partial charge in [-0.2, -0.15) is 5.26 Å². The summed E-state index contributed by atoms with van der Waals surface area (Å²) in [6, 6.07) is 15.2. The summed E-state index contributed by atoms with van der Waals surface area (Å²) in [6.07, 6.45) is 1.66. The van der Waals surface area contributed by atoms with Crippen LogP contribution >= 0.6 is 34.5 Å². The van der Waals surface area contributed by atoms with E-state index in [0.29, 0.717) is 20.6 Å². The summed E-state index contributed by atoms with van der Waals surface area (Å²) in [4.78, 5) is 4.55. The van der Waals surface area contributed by atoms with Gasteiger partial charge in [0, 0.05) is 32.9 Å². The van der Waals surface area contributed by atoms with Crippen LogP contribution in [0.2, 0.25) is 10.0 Å². The zero-order valence-corrected chi connectivity index (χ0v) is 15.6. The Kier molecular flexibility index (Phi) is 5.40. The van der Waals surface area contributed by atoms with Gasteiger partial charge in [-0.1, -0.05) is 41.4 Å². The standard InChI is InChI=1S/C19H13Cl2N3S/c1-12-16(21)3-2-4-17(12)23-10-14(9-22)19-24-18(11-25-19)13-5-7-15(20)8-6-13/h2-8,10-11,23H,1H3. The van der Waals surface area contributed by atoms with Crippen LogP contribution in [-0.4, -0.2) is 4.98 Å². The summed E-state index contributed by atoms with van der Waals surface area (Å²) in [7, 11) is 0. The molecule has 1 N–H and O–H groups in total. The Hall–Kier alpha value is -2.32. The molecule has 25 heavy (non-hydrogen) atoms. The molecule has 1 aromatic heterocycles. The molecule has 0 amide bonds. The van der Waals surface area contributed by atoms with Crippen molar-refractivity contribution in [2.45, 2.75) is 6.92 Å². The Morgan fingerprint density at radius 2 is 1.96 bits per heavy atom. The number of hydrogen-bond acceptors (Lipinski definition) is 4. The average molecular weight is 386 g/mol. The van der Waals surface area contributed by atoms with Gasteiger partial charge in [-0.05, 0) is 36.8 Å². The van der Waals surface area contributed by atoms with Gasteiger partial charge in [-0.15, -0.1) is 11.3 Å². The highest BCUT2D eigenvalue weighted by Crippen LogP contribution is 2.28. The van der Waals surface area contributed by atoms with Crippen LogP contribution < -0.4 is 5.32 Å². The highest BCUT2D eigenvalue weighted by Gasteiger charge is 2.09. The second-order valence-corrected chi connectivity index (χ2v) is 6.97. The molecule has 0 aliphatic rings. The van der Waals surface area contributed by atoms with Crippen LogP contribution in [0.5, 0.6) is 0 Å². The highest BCUT2D eigenvalue weighted by molar-refractivity contribution is 7.11. The van der Waals surface area contributed by atoms with Crippen molar-refractivity contribution < 1.29 is 0 Å². The largest absolute Gasteiger partial charge is 0.360 e. The van der Waals surface area contributed by atoms with Gasteiger partial charge < -0.3 is 5.32 Å². The molecule has 0 bridgehead atoms. The third-order valence-corrected chi connectivity index (χ3v) is 5.17. The van der Waals surface area contributed by atoms with Crippen molar-refractivity contribution in [1.82, 2.24) is 4.98 Å². The topological polar surface area (TPSA) is 48.7 Å². The quantitative estimate of drug-likeness (QED) is 0.528. The van der Waals surface area contributed by atoms with Crippen LogP contribution in [0.3, 0.4) is 0 Å². The number of nitrogens with zero attached hydrogens (tertiary/aromatic N) is 2. The maximum Gasteiger partial charge on any atom is 0.136 e. The fraction of sp³-hybridized carbons (Fsp3) is 0.0526. The number of halogens is 2. The molecular formula is C19H13Cl2N3S. The molecule has 124 valence electrons. The maximum absolute atomic E-state index is 9.46. The second kappa shape index (κ2) is 7.71. The molecular weight excluding hydrogens is 373 g/mol. The van der Waals surface area contributed by atoms with E-state index in [-0.39, 0.29) is 0 Å². The lowest BCUT2D eigenvalue weighted by atomic mass is 10.2. The van der Waals surface area contributed by atoms with Gasteiger partial charge in [0.05, 0.1) is 5.69 Å². The Morgan fingerprint density at radius 1 is 1.20 bits per heavy atom. The zero-order valence-electron chi connectivity index (χ0n) is 13.3. The van der Waals surface area contributed by atoms with Crippen molar-refractivity contribution in [2.75, 3.05) is 5.32 Å². The number of anilines is 1. The van der Waals surface area contributed by atoms with Gasteiger partial charge in [0.1, 0.15) is 16.6 Å². The van der Waals surface area contributed by atoms with E-state index in [0.717, 1.165) is 22.5 Å². The molecule has 0 aliphatic heterocycles. The van der Waals surface area contributed by atoms with E-state index in [1.165, 1.54) is 11.3 Å². The first-order valence-corrected chi connectivity index (χ1v) is 9.06. The van der Waals surface area contributed by atoms with Crippen molar-refractivity contribution in [3.63, 3.8) is 0 Å². The van der Waals surface area contributed by atoms with Crippen LogP contribution in [0.25, 0.3) is 16.8 Å². The molecule has 0 aliphatic carbocycles. The average Bonchev–Trinajstić information content (AvgIpc) is 3.09. The van der Waals surface area contributed by atoms with Crippen LogP contribution in [0.1, 0.15) is 10.6 Å². The first-order chi connectivity index (χ1) is 12.1. The zero-order chi connectivity index (χ0) is 17.8. The molecule has 2 aromatic carbocycles. The number of benzene rings is 2. The molecule has 0 saturated heterocycles. The van der Waals surface area contributed by atoms with E-state index < -0.39 is 0 Å². The first-order valence-electron chi connectivity index (χ1n) is 7.42. The van der Waals surface area contributed by atoms with Crippen molar-refractivity contribution in [2.24, 2.45) is 0 Å². The van der Waals surface area contributed by atoms with E-state index in [9.17, 15) is 5.26 Å². The second-order valence-electron chi connectivity index (χ2n) is 5.27. The summed E-state index contributed by atoms with van der Waals surface area (Å²) in [5, 5.41) is 16.5. The molecule has 0 spiro atoms. The molecule has 3 aromatic rings. The van der Waals surface area contributed by atoms with Crippen molar-refractivity contribution in [1.29, 1.82) is 5.26 Å². The number of aromatic nitrogens is 1.